The van der Waals surface area contributed by atoms with Crippen LogP contribution in [-0.2, 0) is 32.3 Å². The highest BCUT2D eigenvalue weighted by atomic mass is 79.9. The second-order valence-electron chi connectivity index (χ2n) is 13.9. The van der Waals surface area contributed by atoms with E-state index in [9.17, 15) is 29.1 Å². The Kier molecular flexibility index (Phi) is 10.6. The summed E-state index contributed by atoms with van der Waals surface area (Å²) in [5.74, 6) is -1.06. The van der Waals surface area contributed by atoms with Crippen LogP contribution in [0.15, 0.2) is 47.2 Å². The van der Waals surface area contributed by atoms with E-state index in [0.717, 1.165) is 11.1 Å². The van der Waals surface area contributed by atoms with Crippen LogP contribution in [0.1, 0.15) is 55.6 Å². The fraction of sp³-hybridized carbons (Fsp3) is 0.417. The molecular formula is C36H40BrN9O7. The van der Waals surface area contributed by atoms with Crippen molar-refractivity contribution in [3.63, 3.8) is 0 Å². The van der Waals surface area contributed by atoms with Gasteiger partial charge in [-0.05, 0) is 71.4 Å². The highest BCUT2D eigenvalue weighted by molar-refractivity contribution is 9.10. The largest absolute Gasteiger partial charge is 0.465 e. The lowest BCUT2D eigenvalue weighted by Gasteiger charge is -2.27. The molecule has 4 heterocycles. The maximum absolute atomic E-state index is 14.3. The number of hydrogen-bond donors (Lipinski definition) is 4. The van der Waals surface area contributed by atoms with Gasteiger partial charge in [0.15, 0.2) is 5.78 Å². The van der Waals surface area contributed by atoms with E-state index >= 15 is 0 Å². The Labute approximate surface area is 313 Å². The van der Waals surface area contributed by atoms with Crippen molar-refractivity contribution in [2.24, 2.45) is 11.3 Å². The number of hydrogen-bond acceptors (Lipinski definition) is 10. The number of pyridine rings is 1. The van der Waals surface area contributed by atoms with E-state index in [1.165, 1.54) is 18.7 Å². The zero-order valence-electron chi connectivity index (χ0n) is 29.8. The fourth-order valence-electron chi connectivity index (χ4n) is 7.00. The van der Waals surface area contributed by atoms with Crippen molar-refractivity contribution < 1.29 is 33.8 Å². The number of ether oxygens (including phenoxy) is 1. The average Bonchev–Trinajstić information content (AvgIpc) is 3.53. The minimum Gasteiger partial charge on any atom is -0.465 e. The SMILES string of the molecule is COCc1ccc(Br)c(NC(=O)[C@@H]2CC3(CNC(=O)C(NC(=O)O)C(C)C)CC3N2C(=O)Cn2nc(C(C)=O)c3cc(-c4cnc(C)nc4)ccc32)n1. The summed E-state index contributed by atoms with van der Waals surface area (Å²) in [6.07, 6.45) is 2.84. The number of amides is 4. The Morgan fingerprint density at radius 1 is 1.08 bits per heavy atom. The summed E-state index contributed by atoms with van der Waals surface area (Å²) in [6.45, 7) is 6.76. The molecule has 4 N–H and O–H groups in total. The third-order valence-electron chi connectivity index (χ3n) is 9.77. The summed E-state index contributed by atoms with van der Waals surface area (Å²) >= 11 is 3.44. The molecule has 1 aliphatic carbocycles. The molecule has 2 fully saturated rings. The van der Waals surface area contributed by atoms with Gasteiger partial charge in [0.05, 0.1) is 22.3 Å². The van der Waals surface area contributed by atoms with Crippen molar-refractivity contribution in [1.82, 2.24) is 40.3 Å². The lowest BCUT2D eigenvalue weighted by atomic mass is 9.98. The first-order valence-electron chi connectivity index (χ1n) is 17.1. The number of carbonyl (C=O) groups is 5. The van der Waals surface area contributed by atoms with Crippen LogP contribution in [0.25, 0.3) is 22.0 Å². The quantitative estimate of drug-likeness (QED) is 0.144. The summed E-state index contributed by atoms with van der Waals surface area (Å²) < 4.78 is 7.20. The molecule has 4 aromatic rings. The Hall–Kier alpha value is -5.29. The number of likely N-dealkylation sites (tertiary alicyclic amines) is 1. The topological polar surface area (TPSA) is 211 Å². The Morgan fingerprint density at radius 2 is 1.81 bits per heavy atom. The maximum Gasteiger partial charge on any atom is 0.405 e. The molecule has 3 unspecified atom stereocenters. The third-order valence-corrected chi connectivity index (χ3v) is 10.4. The Balaban J connectivity index is 1.29. The molecule has 53 heavy (non-hydrogen) atoms. The number of nitrogens with zero attached hydrogens (tertiary/aromatic N) is 6. The van der Waals surface area contributed by atoms with Crippen molar-refractivity contribution in [2.45, 2.75) is 71.8 Å². The first-order chi connectivity index (χ1) is 25.2. The van der Waals surface area contributed by atoms with Crippen molar-refractivity contribution >= 4 is 62.2 Å². The minimum atomic E-state index is -1.32. The summed E-state index contributed by atoms with van der Waals surface area (Å²) in [6, 6.07) is 6.64. The number of aromatic nitrogens is 5. The number of halogens is 1. The van der Waals surface area contributed by atoms with Gasteiger partial charge < -0.3 is 30.7 Å². The van der Waals surface area contributed by atoms with E-state index in [1.54, 1.807) is 56.3 Å². The van der Waals surface area contributed by atoms with Gasteiger partial charge in [-0.15, -0.1) is 0 Å². The molecule has 1 aromatic carbocycles. The molecule has 4 amide bonds. The molecule has 2 aliphatic rings. The van der Waals surface area contributed by atoms with Crippen molar-refractivity contribution in [3.8, 4) is 11.1 Å². The maximum atomic E-state index is 14.3. The zero-order valence-corrected chi connectivity index (χ0v) is 31.4. The van der Waals surface area contributed by atoms with Gasteiger partial charge in [0, 0.05) is 55.4 Å². The lowest BCUT2D eigenvalue weighted by Crippen LogP contribution is -2.50. The average molecular weight is 791 g/mol. The number of piperidine rings is 1. The highest BCUT2D eigenvalue weighted by Gasteiger charge is 2.67. The number of anilines is 1. The van der Waals surface area contributed by atoms with Crippen molar-refractivity contribution in [2.75, 3.05) is 19.0 Å². The number of carboxylic acid groups (broad SMARTS) is 1. The van der Waals surface area contributed by atoms with Crippen LogP contribution in [0.3, 0.4) is 0 Å². The fourth-order valence-corrected chi connectivity index (χ4v) is 7.32. The Morgan fingerprint density at radius 3 is 2.47 bits per heavy atom. The smallest absolute Gasteiger partial charge is 0.405 e. The van der Waals surface area contributed by atoms with E-state index in [2.05, 4.69) is 51.9 Å². The van der Waals surface area contributed by atoms with Crippen molar-refractivity contribution in [1.29, 1.82) is 0 Å². The minimum absolute atomic E-state index is 0.129. The van der Waals surface area contributed by atoms with E-state index in [0.29, 0.717) is 33.3 Å². The molecule has 4 atom stereocenters. The number of carbonyl (C=O) groups excluding carboxylic acids is 4. The number of aryl methyl sites for hydroxylation is 1. The number of fused-ring (bicyclic) bond motifs is 2. The van der Waals surface area contributed by atoms with E-state index in [-0.39, 0.29) is 49.3 Å². The molecule has 1 saturated heterocycles. The van der Waals surface area contributed by atoms with Crippen LogP contribution in [0.4, 0.5) is 10.6 Å². The van der Waals surface area contributed by atoms with E-state index in [4.69, 9.17) is 4.74 Å². The number of ketones is 1. The van der Waals surface area contributed by atoms with Gasteiger partial charge >= 0.3 is 6.09 Å². The molecular weight excluding hydrogens is 750 g/mol. The normalized spacial score (nSPS) is 19.5. The van der Waals surface area contributed by atoms with Crippen molar-refractivity contribution in [3.05, 3.63) is 64.4 Å². The zero-order chi connectivity index (χ0) is 38.2. The van der Waals surface area contributed by atoms with Crippen LogP contribution in [0.5, 0.6) is 0 Å². The number of methoxy groups -OCH3 is 1. The number of benzene rings is 1. The molecule has 16 nitrogen and oxygen atoms in total. The first kappa shape index (κ1) is 37.5. The summed E-state index contributed by atoms with van der Waals surface area (Å²) in [5.41, 5.74) is 2.26. The summed E-state index contributed by atoms with van der Waals surface area (Å²) in [7, 11) is 1.54. The number of rotatable bonds is 13. The second kappa shape index (κ2) is 15.0. The van der Waals surface area contributed by atoms with Crippen LogP contribution in [-0.4, -0.2) is 96.1 Å². The molecule has 0 spiro atoms. The van der Waals surface area contributed by atoms with E-state index < -0.39 is 47.4 Å². The molecule has 278 valence electrons. The molecule has 1 saturated carbocycles. The molecule has 6 rings (SSSR count). The van der Waals surface area contributed by atoms with Crippen LogP contribution < -0.4 is 16.0 Å². The molecule has 1 aliphatic heterocycles. The molecule has 0 radical (unpaired) electrons. The molecule has 3 aromatic heterocycles. The van der Waals surface area contributed by atoms with Crippen LogP contribution >= 0.6 is 15.9 Å². The van der Waals surface area contributed by atoms with Gasteiger partial charge in [-0.1, -0.05) is 19.9 Å². The monoisotopic (exact) mass is 789 g/mol. The summed E-state index contributed by atoms with van der Waals surface area (Å²) in [5, 5.41) is 22.4. The highest BCUT2D eigenvalue weighted by Crippen LogP contribution is 2.59. The second-order valence-corrected chi connectivity index (χ2v) is 14.7. The predicted octanol–water partition coefficient (Wildman–Crippen LogP) is 3.71. The van der Waals surface area contributed by atoms with E-state index in [1.807, 2.05) is 12.1 Å². The predicted molar refractivity (Wildman–Crippen MR) is 196 cm³/mol. The number of Topliss-reactive ketones (excluding diaryl/α,β-unsaturated/α-hetero) is 1. The van der Waals surface area contributed by atoms with Gasteiger partial charge in [0.2, 0.25) is 17.7 Å². The van der Waals surface area contributed by atoms with Gasteiger partial charge in [0.1, 0.15) is 36.0 Å². The summed E-state index contributed by atoms with van der Waals surface area (Å²) in [4.78, 5) is 80.2. The van der Waals surface area contributed by atoms with Gasteiger partial charge in [-0.25, -0.2) is 19.7 Å². The van der Waals surface area contributed by atoms with Crippen LogP contribution in [0.2, 0.25) is 0 Å². The van der Waals surface area contributed by atoms with Gasteiger partial charge in [-0.3, -0.25) is 23.9 Å². The molecule has 17 heteroatoms. The Bertz CT molecular complexity index is 2100. The first-order valence-corrected chi connectivity index (χ1v) is 17.8. The third kappa shape index (κ3) is 7.76. The van der Waals surface area contributed by atoms with Gasteiger partial charge in [0.25, 0.3) is 0 Å². The van der Waals surface area contributed by atoms with Gasteiger partial charge in [-0.2, -0.15) is 5.10 Å². The van der Waals surface area contributed by atoms with Crippen LogP contribution in [0, 0.1) is 18.3 Å². The molecule has 0 bridgehead atoms. The lowest BCUT2D eigenvalue weighted by molar-refractivity contribution is -0.138. The number of nitrogens with one attached hydrogen (secondary N) is 3. The standard InChI is InChI=1S/C36H40BrN9O7/c1-18(2)30(42-35(51)52)34(50)40-17-36-11-27(33(49)43-32-25(37)8-7-23(41-32)16-53-5)46(28(36)12-36)29(48)15-45-26-9-6-21(22-13-38-20(4)39-14-22)10-24(26)31(44-45)19(3)47/h6-10,13-14,18,27-28,30,42H,11-12,15-17H2,1-5H3,(H,40,50)(H,51,52)(H,41,43,49)/t27-,28?,30?,36?/m0/s1.